The molecule has 192 valence electrons. The number of benzene rings is 3. The highest BCUT2D eigenvalue weighted by atomic mass is 16.5. The van der Waals surface area contributed by atoms with Crippen molar-refractivity contribution in [3.05, 3.63) is 89.5 Å². The molecule has 0 spiro atoms. The van der Waals surface area contributed by atoms with Gasteiger partial charge in [0.05, 0.1) is 19.1 Å². The molecule has 0 bridgehead atoms. The number of hydrogen-bond donors (Lipinski definition) is 1. The molecule has 3 aromatic carbocycles. The highest BCUT2D eigenvalue weighted by Crippen LogP contribution is 2.41. The van der Waals surface area contributed by atoms with Crippen molar-refractivity contribution in [1.82, 2.24) is 0 Å². The van der Waals surface area contributed by atoms with Crippen molar-refractivity contribution in [3.8, 4) is 5.75 Å². The molecule has 7 nitrogen and oxygen atoms in total. The maximum Gasteiger partial charge on any atom is 0.311 e. The van der Waals surface area contributed by atoms with Gasteiger partial charge in [0, 0.05) is 17.8 Å². The second-order valence-corrected chi connectivity index (χ2v) is 9.17. The van der Waals surface area contributed by atoms with Crippen LogP contribution in [-0.2, 0) is 25.5 Å². The molecule has 0 radical (unpaired) electrons. The summed E-state index contributed by atoms with van der Waals surface area (Å²) in [4.78, 5) is 40.6. The Bertz CT molecular complexity index is 1240. The predicted molar refractivity (Wildman–Crippen MR) is 143 cm³/mol. The summed E-state index contributed by atoms with van der Waals surface area (Å²) in [6, 6.07) is 21.9. The monoisotopic (exact) mass is 500 g/mol. The lowest BCUT2D eigenvalue weighted by Crippen LogP contribution is -2.46. The van der Waals surface area contributed by atoms with E-state index in [0.717, 1.165) is 17.5 Å². The summed E-state index contributed by atoms with van der Waals surface area (Å²) in [5, 5.41) is 2.76. The molecule has 0 saturated carbocycles. The molecule has 1 N–H and O–H groups in total. The maximum absolute atomic E-state index is 13.3. The van der Waals surface area contributed by atoms with Gasteiger partial charge in [-0.2, -0.15) is 0 Å². The van der Waals surface area contributed by atoms with Crippen molar-refractivity contribution in [3.63, 3.8) is 0 Å². The van der Waals surface area contributed by atoms with Gasteiger partial charge < -0.3 is 19.7 Å². The van der Waals surface area contributed by atoms with E-state index in [9.17, 15) is 14.4 Å². The summed E-state index contributed by atoms with van der Waals surface area (Å²) in [6.45, 7) is 3.63. The molecule has 1 fully saturated rings. The third-order valence-electron chi connectivity index (χ3n) is 6.66. The molecule has 2 atom stereocenters. The van der Waals surface area contributed by atoms with Gasteiger partial charge in [0.15, 0.2) is 6.61 Å². The number of nitrogens with zero attached hydrogens (tertiary/aromatic N) is 1. The third kappa shape index (κ3) is 6.17. The van der Waals surface area contributed by atoms with Crippen LogP contribution in [0.4, 0.5) is 11.4 Å². The highest BCUT2D eigenvalue weighted by molar-refractivity contribution is 5.97. The minimum absolute atomic E-state index is 0.0676. The smallest absolute Gasteiger partial charge is 0.311 e. The van der Waals surface area contributed by atoms with Crippen LogP contribution in [0.15, 0.2) is 72.8 Å². The summed E-state index contributed by atoms with van der Waals surface area (Å²) in [5.74, 6) is -0.954. The van der Waals surface area contributed by atoms with E-state index in [1.165, 1.54) is 5.56 Å². The van der Waals surface area contributed by atoms with Crippen LogP contribution in [0.25, 0.3) is 0 Å². The number of nitrogens with one attached hydrogen (secondary N) is 1. The lowest BCUT2D eigenvalue weighted by atomic mass is 9.83. The Morgan fingerprint density at radius 1 is 0.973 bits per heavy atom. The van der Waals surface area contributed by atoms with Crippen LogP contribution in [0.1, 0.15) is 42.5 Å². The number of aryl methyl sites for hydroxylation is 2. The second kappa shape index (κ2) is 11.7. The number of anilines is 2. The number of carbonyl (C=O) groups excluding carboxylic acids is 3. The van der Waals surface area contributed by atoms with Gasteiger partial charge in [-0.25, -0.2) is 0 Å². The largest absolute Gasteiger partial charge is 0.497 e. The van der Waals surface area contributed by atoms with Crippen LogP contribution in [0.5, 0.6) is 5.75 Å². The van der Waals surface area contributed by atoms with Crippen molar-refractivity contribution >= 4 is 29.2 Å². The first-order chi connectivity index (χ1) is 17.9. The average Bonchev–Trinajstić information content (AvgIpc) is 2.92. The van der Waals surface area contributed by atoms with Crippen LogP contribution >= 0.6 is 0 Å². The first-order valence-corrected chi connectivity index (χ1v) is 12.5. The number of rotatable bonds is 8. The normalized spacial score (nSPS) is 17.3. The number of esters is 1. The zero-order valence-electron chi connectivity index (χ0n) is 21.4. The van der Waals surface area contributed by atoms with Crippen molar-refractivity contribution in [1.29, 1.82) is 0 Å². The standard InChI is InChI=1S/C30H32N2O5/c1-4-21-7-11-23(12-8-21)31-27(33)19-37-30(35)26-17-18-28(34)32(24-13-5-20(2)6-14-24)29(26)22-9-15-25(36-3)16-10-22/h5-16,26,29H,4,17-19H2,1-3H3,(H,31,33)/t26-,29-/m0/s1. The highest BCUT2D eigenvalue weighted by Gasteiger charge is 2.42. The first-order valence-electron chi connectivity index (χ1n) is 12.5. The van der Waals surface area contributed by atoms with Gasteiger partial charge in [0.2, 0.25) is 5.91 Å². The minimum atomic E-state index is -0.635. The van der Waals surface area contributed by atoms with E-state index in [4.69, 9.17) is 9.47 Å². The number of carbonyl (C=O) groups is 3. The van der Waals surface area contributed by atoms with Crippen molar-refractivity contribution < 1.29 is 23.9 Å². The Labute approximate surface area is 217 Å². The van der Waals surface area contributed by atoms with Gasteiger partial charge in [-0.1, -0.05) is 48.9 Å². The maximum atomic E-state index is 13.3. The molecule has 37 heavy (non-hydrogen) atoms. The molecule has 1 aliphatic heterocycles. The predicted octanol–water partition coefficient (Wildman–Crippen LogP) is 5.23. The first kappa shape index (κ1) is 25.9. The molecular formula is C30H32N2O5. The van der Waals surface area contributed by atoms with Crippen LogP contribution in [0, 0.1) is 12.8 Å². The fourth-order valence-electron chi connectivity index (χ4n) is 4.60. The molecule has 2 amide bonds. The lowest BCUT2D eigenvalue weighted by Gasteiger charge is -2.40. The molecule has 1 aliphatic rings. The van der Waals surface area contributed by atoms with E-state index in [-0.39, 0.29) is 12.3 Å². The van der Waals surface area contributed by atoms with Crippen LogP contribution in [0.3, 0.4) is 0 Å². The van der Waals surface area contributed by atoms with Crippen LogP contribution < -0.4 is 15.0 Å². The van der Waals surface area contributed by atoms with Gasteiger partial charge in [0.25, 0.3) is 5.91 Å². The number of ether oxygens (including phenoxy) is 2. The van der Waals surface area contributed by atoms with E-state index in [1.807, 2.05) is 67.6 Å². The van der Waals surface area contributed by atoms with E-state index >= 15 is 0 Å². The Morgan fingerprint density at radius 2 is 1.65 bits per heavy atom. The third-order valence-corrected chi connectivity index (χ3v) is 6.66. The molecule has 7 heteroatoms. The number of hydrogen-bond acceptors (Lipinski definition) is 5. The number of methoxy groups -OCH3 is 1. The Balaban J connectivity index is 1.54. The number of piperidine rings is 1. The van der Waals surface area contributed by atoms with Gasteiger partial charge in [-0.3, -0.25) is 14.4 Å². The zero-order valence-corrected chi connectivity index (χ0v) is 21.4. The zero-order chi connectivity index (χ0) is 26.4. The van der Waals surface area contributed by atoms with Crippen LogP contribution in [0.2, 0.25) is 0 Å². The van der Waals surface area contributed by atoms with Crippen LogP contribution in [-0.4, -0.2) is 31.5 Å². The second-order valence-electron chi connectivity index (χ2n) is 9.17. The fourth-order valence-corrected chi connectivity index (χ4v) is 4.60. The van der Waals surface area contributed by atoms with Crippen molar-refractivity contribution in [2.45, 2.75) is 39.2 Å². The number of amides is 2. The van der Waals surface area contributed by atoms with E-state index < -0.39 is 30.4 Å². The lowest BCUT2D eigenvalue weighted by molar-refractivity contribution is -0.153. The molecule has 1 heterocycles. The molecule has 1 saturated heterocycles. The molecule has 4 rings (SSSR count). The fraction of sp³-hybridized carbons (Fsp3) is 0.300. The topological polar surface area (TPSA) is 84.9 Å². The quantitative estimate of drug-likeness (QED) is 0.428. The Morgan fingerprint density at radius 3 is 2.27 bits per heavy atom. The SMILES string of the molecule is CCc1ccc(NC(=O)COC(=O)[C@H]2CCC(=O)N(c3ccc(C)cc3)[C@H]2c2ccc(OC)cc2)cc1. The summed E-state index contributed by atoms with van der Waals surface area (Å²) in [7, 11) is 1.58. The van der Waals surface area contributed by atoms with E-state index in [0.29, 0.717) is 23.5 Å². The molecule has 0 aromatic heterocycles. The molecular weight excluding hydrogens is 468 g/mol. The summed E-state index contributed by atoms with van der Waals surface area (Å²) in [5.41, 5.74) is 4.38. The Kier molecular flexibility index (Phi) is 8.23. The Hall–Kier alpha value is -4.13. The average molecular weight is 501 g/mol. The molecule has 3 aromatic rings. The summed E-state index contributed by atoms with van der Waals surface area (Å²) < 4.78 is 10.8. The summed E-state index contributed by atoms with van der Waals surface area (Å²) in [6.07, 6.45) is 1.44. The van der Waals surface area contributed by atoms with Gasteiger partial charge in [0.1, 0.15) is 5.75 Å². The van der Waals surface area contributed by atoms with Gasteiger partial charge in [-0.05, 0) is 67.3 Å². The van der Waals surface area contributed by atoms with Crippen molar-refractivity contribution in [2.24, 2.45) is 5.92 Å². The van der Waals surface area contributed by atoms with Gasteiger partial charge >= 0.3 is 5.97 Å². The van der Waals surface area contributed by atoms with Gasteiger partial charge in [-0.15, -0.1) is 0 Å². The summed E-state index contributed by atoms with van der Waals surface area (Å²) >= 11 is 0. The molecule has 0 aliphatic carbocycles. The van der Waals surface area contributed by atoms with E-state index in [2.05, 4.69) is 12.2 Å². The minimum Gasteiger partial charge on any atom is -0.497 e. The van der Waals surface area contributed by atoms with Crippen molar-refractivity contribution in [2.75, 3.05) is 23.9 Å². The molecule has 0 unspecified atom stereocenters. The van der Waals surface area contributed by atoms with E-state index in [1.54, 1.807) is 24.1 Å².